The molecule has 0 aromatic heterocycles. The third-order valence-electron chi connectivity index (χ3n) is 4.43. The van der Waals surface area contributed by atoms with E-state index in [0.717, 1.165) is 30.6 Å². The van der Waals surface area contributed by atoms with Crippen LogP contribution in [0.1, 0.15) is 29.2 Å². The maximum Gasteiger partial charge on any atom is 0.119 e. The van der Waals surface area contributed by atoms with Gasteiger partial charge in [-0.05, 0) is 48.1 Å². The van der Waals surface area contributed by atoms with E-state index in [4.69, 9.17) is 4.74 Å². The summed E-state index contributed by atoms with van der Waals surface area (Å²) >= 11 is 0. The third-order valence-corrected chi connectivity index (χ3v) is 4.43. The Morgan fingerprint density at radius 2 is 2.00 bits per heavy atom. The number of hydrogen-bond acceptors (Lipinski definition) is 3. The molecule has 0 fully saturated rings. The summed E-state index contributed by atoms with van der Waals surface area (Å²) in [5, 5.41) is 13.8. The van der Waals surface area contributed by atoms with Crippen LogP contribution in [0, 0.1) is 0 Å². The minimum atomic E-state index is -0.451. The van der Waals surface area contributed by atoms with Crippen molar-refractivity contribution in [3.05, 3.63) is 65.2 Å². The molecule has 0 aliphatic heterocycles. The second kappa shape index (κ2) is 6.95. The van der Waals surface area contributed by atoms with Crippen molar-refractivity contribution in [3.8, 4) is 5.75 Å². The van der Waals surface area contributed by atoms with Gasteiger partial charge in [0.15, 0.2) is 0 Å². The molecule has 2 atom stereocenters. The zero-order valence-electron chi connectivity index (χ0n) is 13.0. The Balaban J connectivity index is 1.58. The van der Waals surface area contributed by atoms with Crippen LogP contribution in [0.15, 0.2) is 48.5 Å². The van der Waals surface area contributed by atoms with Crippen molar-refractivity contribution in [3.63, 3.8) is 0 Å². The van der Waals surface area contributed by atoms with E-state index in [1.54, 1.807) is 7.11 Å². The van der Waals surface area contributed by atoms with Crippen LogP contribution >= 0.6 is 0 Å². The molecular weight excluding hydrogens is 274 g/mol. The number of nitrogens with one attached hydrogen (secondary N) is 1. The standard InChI is InChI=1S/C19H23NO2/c1-22-18-10-8-14-7-9-17(11-16(14)12-18)20-13-19(21)15-5-3-2-4-6-15/h2-6,8,10,12,17,19-21H,7,9,11,13H2,1H3. The summed E-state index contributed by atoms with van der Waals surface area (Å²) < 4.78 is 5.31. The first-order valence-corrected chi connectivity index (χ1v) is 7.88. The molecule has 3 rings (SSSR count). The molecular formula is C19H23NO2. The molecule has 0 radical (unpaired) electrons. The fourth-order valence-corrected chi connectivity index (χ4v) is 3.11. The SMILES string of the molecule is COc1ccc2c(c1)CC(NCC(O)c1ccccc1)CC2. The number of aryl methyl sites for hydroxylation is 1. The molecule has 1 aliphatic rings. The molecule has 2 aromatic rings. The third kappa shape index (κ3) is 3.49. The van der Waals surface area contributed by atoms with Crippen LogP contribution in [0.4, 0.5) is 0 Å². The Kier molecular flexibility index (Phi) is 4.76. The van der Waals surface area contributed by atoms with Gasteiger partial charge in [-0.2, -0.15) is 0 Å². The molecule has 0 amide bonds. The van der Waals surface area contributed by atoms with Crippen molar-refractivity contribution in [2.24, 2.45) is 0 Å². The Morgan fingerprint density at radius 3 is 2.77 bits per heavy atom. The number of benzene rings is 2. The molecule has 3 heteroatoms. The van der Waals surface area contributed by atoms with Crippen LogP contribution in [-0.2, 0) is 12.8 Å². The van der Waals surface area contributed by atoms with Crippen LogP contribution in [0.25, 0.3) is 0 Å². The van der Waals surface area contributed by atoms with Gasteiger partial charge >= 0.3 is 0 Å². The normalized spacial score (nSPS) is 18.5. The molecule has 0 spiro atoms. The first-order valence-electron chi connectivity index (χ1n) is 7.88. The molecule has 0 saturated heterocycles. The molecule has 0 heterocycles. The fraction of sp³-hybridized carbons (Fsp3) is 0.368. The molecule has 116 valence electrons. The Labute approximate surface area is 131 Å². The number of rotatable bonds is 5. The van der Waals surface area contributed by atoms with Gasteiger partial charge in [0.1, 0.15) is 5.75 Å². The molecule has 1 aliphatic carbocycles. The summed E-state index contributed by atoms with van der Waals surface area (Å²) in [5.41, 5.74) is 3.74. The summed E-state index contributed by atoms with van der Waals surface area (Å²) in [4.78, 5) is 0. The van der Waals surface area contributed by atoms with E-state index in [9.17, 15) is 5.11 Å². The number of methoxy groups -OCH3 is 1. The summed E-state index contributed by atoms with van der Waals surface area (Å²) in [6, 6.07) is 16.6. The predicted molar refractivity (Wildman–Crippen MR) is 88.2 cm³/mol. The summed E-state index contributed by atoms with van der Waals surface area (Å²) in [6.45, 7) is 0.591. The van der Waals surface area contributed by atoms with Gasteiger partial charge in [0, 0.05) is 12.6 Å². The highest BCUT2D eigenvalue weighted by Crippen LogP contribution is 2.25. The van der Waals surface area contributed by atoms with E-state index in [-0.39, 0.29) is 0 Å². The maximum atomic E-state index is 10.2. The van der Waals surface area contributed by atoms with E-state index in [2.05, 4.69) is 17.4 Å². The fourth-order valence-electron chi connectivity index (χ4n) is 3.11. The molecule has 22 heavy (non-hydrogen) atoms. The lowest BCUT2D eigenvalue weighted by molar-refractivity contribution is 0.168. The van der Waals surface area contributed by atoms with Gasteiger partial charge in [-0.25, -0.2) is 0 Å². The minimum Gasteiger partial charge on any atom is -0.497 e. The van der Waals surface area contributed by atoms with Gasteiger partial charge in [-0.1, -0.05) is 36.4 Å². The number of hydrogen-bond donors (Lipinski definition) is 2. The molecule has 0 bridgehead atoms. The Hall–Kier alpha value is -1.84. The predicted octanol–water partition coefficient (Wildman–Crippen LogP) is 2.88. The topological polar surface area (TPSA) is 41.5 Å². The van der Waals surface area contributed by atoms with Crippen molar-refractivity contribution in [2.75, 3.05) is 13.7 Å². The average molecular weight is 297 g/mol. The lowest BCUT2D eigenvalue weighted by Crippen LogP contribution is -2.37. The Bertz CT molecular complexity index is 612. The van der Waals surface area contributed by atoms with Gasteiger partial charge < -0.3 is 15.2 Å². The van der Waals surface area contributed by atoms with E-state index in [1.165, 1.54) is 11.1 Å². The van der Waals surface area contributed by atoms with E-state index in [0.29, 0.717) is 12.6 Å². The van der Waals surface area contributed by atoms with Crippen LogP contribution in [-0.4, -0.2) is 24.8 Å². The quantitative estimate of drug-likeness (QED) is 0.891. The highest BCUT2D eigenvalue weighted by molar-refractivity contribution is 5.37. The van der Waals surface area contributed by atoms with Crippen molar-refractivity contribution in [1.29, 1.82) is 0 Å². The first-order chi connectivity index (χ1) is 10.8. The Morgan fingerprint density at radius 1 is 1.18 bits per heavy atom. The van der Waals surface area contributed by atoms with Gasteiger partial charge in [0.2, 0.25) is 0 Å². The van der Waals surface area contributed by atoms with E-state index < -0.39 is 6.10 Å². The zero-order chi connectivity index (χ0) is 15.4. The summed E-state index contributed by atoms with van der Waals surface area (Å²) in [7, 11) is 1.70. The first kappa shape index (κ1) is 15.1. The zero-order valence-corrected chi connectivity index (χ0v) is 13.0. The number of aliphatic hydroxyl groups is 1. The van der Waals surface area contributed by atoms with Crippen LogP contribution in [0.3, 0.4) is 0 Å². The van der Waals surface area contributed by atoms with Crippen LogP contribution in [0.5, 0.6) is 5.75 Å². The van der Waals surface area contributed by atoms with Gasteiger partial charge in [-0.3, -0.25) is 0 Å². The molecule has 0 saturated carbocycles. The largest absolute Gasteiger partial charge is 0.497 e. The second-order valence-electron chi connectivity index (χ2n) is 5.91. The molecule has 2 unspecified atom stereocenters. The monoisotopic (exact) mass is 297 g/mol. The van der Waals surface area contributed by atoms with Crippen LogP contribution in [0.2, 0.25) is 0 Å². The lowest BCUT2D eigenvalue weighted by atomic mass is 9.88. The van der Waals surface area contributed by atoms with Crippen LogP contribution < -0.4 is 10.1 Å². The van der Waals surface area contributed by atoms with Gasteiger partial charge in [0.25, 0.3) is 0 Å². The highest BCUT2D eigenvalue weighted by atomic mass is 16.5. The molecule has 2 aromatic carbocycles. The van der Waals surface area contributed by atoms with Gasteiger partial charge in [-0.15, -0.1) is 0 Å². The van der Waals surface area contributed by atoms with Crippen molar-refractivity contribution in [2.45, 2.75) is 31.4 Å². The molecule has 2 N–H and O–H groups in total. The second-order valence-corrected chi connectivity index (χ2v) is 5.91. The number of ether oxygens (including phenoxy) is 1. The number of fused-ring (bicyclic) bond motifs is 1. The maximum absolute atomic E-state index is 10.2. The van der Waals surface area contributed by atoms with Crippen molar-refractivity contribution in [1.82, 2.24) is 5.32 Å². The van der Waals surface area contributed by atoms with Gasteiger partial charge in [0.05, 0.1) is 13.2 Å². The highest BCUT2D eigenvalue weighted by Gasteiger charge is 2.19. The van der Waals surface area contributed by atoms with E-state index >= 15 is 0 Å². The average Bonchev–Trinajstić information content (AvgIpc) is 2.59. The molecule has 3 nitrogen and oxygen atoms in total. The summed E-state index contributed by atoms with van der Waals surface area (Å²) in [6.07, 6.45) is 2.74. The van der Waals surface area contributed by atoms with E-state index in [1.807, 2.05) is 36.4 Å². The number of aliphatic hydroxyl groups excluding tert-OH is 1. The van der Waals surface area contributed by atoms with Crippen molar-refractivity contribution >= 4 is 0 Å². The lowest BCUT2D eigenvalue weighted by Gasteiger charge is -2.27. The smallest absolute Gasteiger partial charge is 0.119 e. The summed E-state index contributed by atoms with van der Waals surface area (Å²) in [5.74, 6) is 0.920. The van der Waals surface area contributed by atoms with Crippen molar-refractivity contribution < 1.29 is 9.84 Å². The minimum absolute atomic E-state index is 0.415.